The Labute approximate surface area is 191 Å². The van der Waals surface area contributed by atoms with Crippen LogP contribution in [0.2, 0.25) is 0 Å². The summed E-state index contributed by atoms with van der Waals surface area (Å²) in [5.41, 5.74) is 1.48. The summed E-state index contributed by atoms with van der Waals surface area (Å²) in [6, 6.07) is 8.07. The van der Waals surface area contributed by atoms with Gasteiger partial charge in [-0.1, -0.05) is 0 Å². The Balaban J connectivity index is 1.36. The number of hydrogen-bond acceptors (Lipinski definition) is 6. The van der Waals surface area contributed by atoms with Gasteiger partial charge in [0.1, 0.15) is 0 Å². The maximum absolute atomic E-state index is 13.0. The molecule has 1 saturated heterocycles. The number of nitrogens with one attached hydrogen (secondary N) is 1. The number of piperidine rings is 1. The standard InChI is InChI=1S/C24H26N4O5/c1-33-13-3-10-28-23(31)19-6-5-16(14-20(19)24(28)32)22(30)27-11-7-18(8-12-27)26-21(29)17-4-2-9-25-15-17/h2,4-6,9,14-15,18H,3,7-8,10-13H2,1H3,(H,26,29). The summed E-state index contributed by atoms with van der Waals surface area (Å²) in [5.74, 6) is -1.08. The first-order valence-electron chi connectivity index (χ1n) is 11.0. The number of methoxy groups -OCH3 is 1. The molecule has 0 spiro atoms. The van der Waals surface area contributed by atoms with Crippen molar-refractivity contribution in [3.05, 3.63) is 65.0 Å². The van der Waals surface area contributed by atoms with E-state index in [4.69, 9.17) is 4.74 Å². The molecule has 1 fully saturated rings. The number of benzene rings is 1. The summed E-state index contributed by atoms with van der Waals surface area (Å²) >= 11 is 0. The number of hydrogen-bond donors (Lipinski definition) is 1. The highest BCUT2D eigenvalue weighted by atomic mass is 16.5. The Hall–Kier alpha value is -3.59. The van der Waals surface area contributed by atoms with Gasteiger partial charge in [-0.15, -0.1) is 0 Å². The topological polar surface area (TPSA) is 109 Å². The normalized spacial score (nSPS) is 16.2. The molecule has 1 N–H and O–H groups in total. The van der Waals surface area contributed by atoms with E-state index in [9.17, 15) is 19.2 Å². The number of nitrogens with zero attached hydrogens (tertiary/aromatic N) is 3. The van der Waals surface area contributed by atoms with Gasteiger partial charge in [-0.25, -0.2) is 0 Å². The Morgan fingerprint density at radius 2 is 1.85 bits per heavy atom. The number of aromatic nitrogens is 1. The number of pyridine rings is 1. The largest absolute Gasteiger partial charge is 0.385 e. The van der Waals surface area contributed by atoms with Crippen LogP contribution < -0.4 is 5.32 Å². The van der Waals surface area contributed by atoms with Crippen molar-refractivity contribution in [2.24, 2.45) is 0 Å². The fourth-order valence-corrected chi connectivity index (χ4v) is 4.17. The second-order valence-corrected chi connectivity index (χ2v) is 8.15. The molecule has 9 nitrogen and oxygen atoms in total. The third-order valence-electron chi connectivity index (χ3n) is 5.99. The molecule has 0 radical (unpaired) electrons. The predicted octanol–water partition coefficient (Wildman–Crippen LogP) is 1.75. The van der Waals surface area contributed by atoms with Crippen molar-refractivity contribution >= 4 is 23.6 Å². The third-order valence-corrected chi connectivity index (χ3v) is 5.99. The third kappa shape index (κ3) is 4.78. The zero-order chi connectivity index (χ0) is 23.4. The molecule has 4 rings (SSSR count). The van der Waals surface area contributed by atoms with E-state index in [1.807, 2.05) is 0 Å². The quantitative estimate of drug-likeness (QED) is 0.509. The monoisotopic (exact) mass is 450 g/mol. The first kappa shape index (κ1) is 22.6. The highest BCUT2D eigenvalue weighted by Gasteiger charge is 2.36. The summed E-state index contributed by atoms with van der Waals surface area (Å²) in [4.78, 5) is 57.5. The fourth-order valence-electron chi connectivity index (χ4n) is 4.17. The number of carbonyl (C=O) groups excluding carboxylic acids is 4. The van der Waals surface area contributed by atoms with Crippen LogP contribution in [-0.2, 0) is 4.74 Å². The molecule has 0 aliphatic carbocycles. The van der Waals surface area contributed by atoms with Gasteiger partial charge in [0.15, 0.2) is 0 Å². The molecule has 2 aliphatic heterocycles. The van der Waals surface area contributed by atoms with E-state index < -0.39 is 0 Å². The minimum Gasteiger partial charge on any atom is -0.385 e. The fraction of sp³-hybridized carbons (Fsp3) is 0.375. The zero-order valence-corrected chi connectivity index (χ0v) is 18.5. The van der Waals surface area contributed by atoms with Crippen molar-refractivity contribution in [2.45, 2.75) is 25.3 Å². The van der Waals surface area contributed by atoms with Crippen molar-refractivity contribution in [3.63, 3.8) is 0 Å². The van der Waals surface area contributed by atoms with Gasteiger partial charge in [-0.2, -0.15) is 0 Å². The average molecular weight is 450 g/mol. The molecule has 1 aromatic heterocycles. The van der Waals surface area contributed by atoms with E-state index in [0.717, 1.165) is 0 Å². The number of amides is 4. The number of ether oxygens (including phenoxy) is 1. The summed E-state index contributed by atoms with van der Waals surface area (Å²) in [5, 5.41) is 2.99. The average Bonchev–Trinajstić information content (AvgIpc) is 3.09. The van der Waals surface area contributed by atoms with Crippen LogP contribution in [-0.4, -0.2) is 77.8 Å². The van der Waals surface area contributed by atoms with Crippen molar-refractivity contribution in [3.8, 4) is 0 Å². The summed E-state index contributed by atoms with van der Waals surface area (Å²) in [7, 11) is 1.57. The van der Waals surface area contributed by atoms with Crippen LogP contribution >= 0.6 is 0 Å². The van der Waals surface area contributed by atoms with Gasteiger partial charge in [-0.3, -0.25) is 29.1 Å². The first-order chi connectivity index (χ1) is 16.0. The van der Waals surface area contributed by atoms with Crippen LogP contribution in [0.1, 0.15) is 60.7 Å². The van der Waals surface area contributed by atoms with Gasteiger partial charge >= 0.3 is 0 Å². The second kappa shape index (κ2) is 9.91. The number of carbonyl (C=O) groups is 4. The molecule has 0 saturated carbocycles. The molecule has 1 aromatic carbocycles. The van der Waals surface area contributed by atoms with Gasteiger partial charge in [0.25, 0.3) is 23.6 Å². The highest BCUT2D eigenvalue weighted by molar-refractivity contribution is 6.22. The van der Waals surface area contributed by atoms with E-state index >= 15 is 0 Å². The summed E-state index contributed by atoms with van der Waals surface area (Å²) in [6.07, 6.45) is 4.95. The van der Waals surface area contributed by atoms with Gasteiger partial charge in [-0.05, 0) is 49.6 Å². The van der Waals surface area contributed by atoms with Gasteiger partial charge in [0.2, 0.25) is 0 Å². The first-order valence-corrected chi connectivity index (χ1v) is 11.0. The van der Waals surface area contributed by atoms with Crippen LogP contribution in [0.4, 0.5) is 0 Å². The number of fused-ring (bicyclic) bond motifs is 1. The molecule has 0 bridgehead atoms. The van der Waals surface area contributed by atoms with Crippen molar-refractivity contribution in [1.82, 2.24) is 20.1 Å². The van der Waals surface area contributed by atoms with Crippen LogP contribution in [0.25, 0.3) is 0 Å². The van der Waals surface area contributed by atoms with Crippen molar-refractivity contribution in [2.75, 3.05) is 33.4 Å². The summed E-state index contributed by atoms with van der Waals surface area (Å²) in [6.45, 7) is 1.71. The molecule has 0 atom stereocenters. The van der Waals surface area contributed by atoms with E-state index in [-0.39, 0.29) is 41.8 Å². The SMILES string of the molecule is COCCCN1C(=O)c2ccc(C(=O)N3CCC(NC(=O)c4cccnc4)CC3)cc2C1=O. The zero-order valence-electron chi connectivity index (χ0n) is 18.5. The smallest absolute Gasteiger partial charge is 0.261 e. The Kier molecular flexibility index (Phi) is 6.79. The molecule has 0 unspecified atom stereocenters. The minimum atomic E-state index is -0.377. The molecule has 2 aromatic rings. The molecule has 33 heavy (non-hydrogen) atoms. The van der Waals surface area contributed by atoms with E-state index in [2.05, 4.69) is 10.3 Å². The van der Waals surface area contributed by atoms with Crippen LogP contribution in [0.3, 0.4) is 0 Å². The summed E-state index contributed by atoms with van der Waals surface area (Å²) < 4.78 is 4.99. The lowest BCUT2D eigenvalue weighted by molar-refractivity contribution is 0.0636. The van der Waals surface area contributed by atoms with Gasteiger partial charge < -0.3 is 15.0 Å². The molecular formula is C24H26N4O5. The van der Waals surface area contributed by atoms with E-state index in [1.54, 1.807) is 42.5 Å². The lowest BCUT2D eigenvalue weighted by Crippen LogP contribution is -2.46. The van der Waals surface area contributed by atoms with Crippen molar-refractivity contribution in [1.29, 1.82) is 0 Å². The Morgan fingerprint density at radius 1 is 1.09 bits per heavy atom. The molecule has 9 heteroatoms. The molecule has 2 aliphatic rings. The van der Waals surface area contributed by atoms with Crippen molar-refractivity contribution < 1.29 is 23.9 Å². The van der Waals surface area contributed by atoms with E-state index in [1.165, 1.54) is 17.2 Å². The van der Waals surface area contributed by atoms with Crippen LogP contribution in [0.5, 0.6) is 0 Å². The molecular weight excluding hydrogens is 424 g/mol. The number of imide groups is 1. The molecule has 3 heterocycles. The highest BCUT2D eigenvalue weighted by Crippen LogP contribution is 2.25. The number of rotatable bonds is 7. The van der Waals surface area contributed by atoms with Crippen LogP contribution in [0.15, 0.2) is 42.7 Å². The Morgan fingerprint density at radius 3 is 2.55 bits per heavy atom. The van der Waals surface area contributed by atoms with Crippen LogP contribution in [0, 0.1) is 0 Å². The van der Waals surface area contributed by atoms with Gasteiger partial charge in [0, 0.05) is 57.3 Å². The van der Waals surface area contributed by atoms with Gasteiger partial charge in [0.05, 0.1) is 16.7 Å². The van der Waals surface area contributed by atoms with E-state index in [0.29, 0.717) is 55.6 Å². The lowest BCUT2D eigenvalue weighted by Gasteiger charge is -2.32. The number of likely N-dealkylation sites (tertiary alicyclic amines) is 1. The molecule has 172 valence electrons. The maximum Gasteiger partial charge on any atom is 0.261 e. The minimum absolute atomic E-state index is 0.0263. The lowest BCUT2D eigenvalue weighted by atomic mass is 10.0. The molecule has 4 amide bonds. The maximum atomic E-state index is 13.0. The Bertz CT molecular complexity index is 1060. The predicted molar refractivity (Wildman–Crippen MR) is 119 cm³/mol. The second-order valence-electron chi connectivity index (χ2n) is 8.15.